The third-order valence-corrected chi connectivity index (χ3v) is 2.90. The van der Waals surface area contributed by atoms with Crippen LogP contribution in [0.25, 0.3) is 16.7 Å². The number of hydrogen-bond acceptors (Lipinski definition) is 4. The zero-order valence-electron chi connectivity index (χ0n) is 8.71. The van der Waals surface area contributed by atoms with Crippen LogP contribution in [-0.4, -0.2) is 19.7 Å². The second-order valence-electron chi connectivity index (χ2n) is 3.55. The summed E-state index contributed by atoms with van der Waals surface area (Å²) in [6, 6.07) is 7.83. The highest BCUT2D eigenvalue weighted by atomic mass is 79.9. The molecule has 0 spiro atoms. The lowest BCUT2D eigenvalue weighted by Crippen LogP contribution is -1.95. The van der Waals surface area contributed by atoms with Crippen LogP contribution in [0.2, 0.25) is 0 Å². The van der Waals surface area contributed by atoms with E-state index in [1.165, 1.54) is 6.33 Å². The van der Waals surface area contributed by atoms with Crippen molar-refractivity contribution >= 4 is 32.8 Å². The van der Waals surface area contributed by atoms with Gasteiger partial charge in [0.1, 0.15) is 11.8 Å². The van der Waals surface area contributed by atoms with E-state index in [0.717, 1.165) is 15.7 Å². The van der Waals surface area contributed by atoms with Crippen LogP contribution in [0.5, 0.6) is 0 Å². The van der Waals surface area contributed by atoms with Crippen LogP contribution in [0.1, 0.15) is 0 Å². The minimum absolute atomic E-state index is 0.392. The molecule has 17 heavy (non-hydrogen) atoms. The van der Waals surface area contributed by atoms with Crippen LogP contribution < -0.4 is 5.73 Å². The van der Waals surface area contributed by atoms with E-state index in [9.17, 15) is 0 Å². The van der Waals surface area contributed by atoms with Gasteiger partial charge < -0.3 is 5.73 Å². The van der Waals surface area contributed by atoms with E-state index in [0.29, 0.717) is 11.3 Å². The zero-order valence-corrected chi connectivity index (χ0v) is 10.3. The van der Waals surface area contributed by atoms with Crippen LogP contribution in [0.15, 0.2) is 41.3 Å². The summed E-state index contributed by atoms with van der Waals surface area (Å²) in [6.45, 7) is 0. The molecule has 0 saturated carbocycles. The van der Waals surface area contributed by atoms with Gasteiger partial charge in [-0.1, -0.05) is 22.0 Å². The quantitative estimate of drug-likeness (QED) is 0.745. The number of aromatic nitrogens is 4. The van der Waals surface area contributed by atoms with Gasteiger partial charge >= 0.3 is 0 Å². The van der Waals surface area contributed by atoms with E-state index in [1.807, 2.05) is 30.5 Å². The first-order valence-electron chi connectivity index (χ1n) is 4.96. The zero-order chi connectivity index (χ0) is 11.8. The average Bonchev–Trinajstić information content (AvgIpc) is 2.74. The molecule has 2 heterocycles. The molecule has 0 aliphatic heterocycles. The van der Waals surface area contributed by atoms with Crippen molar-refractivity contribution in [1.29, 1.82) is 0 Å². The number of halogens is 1. The van der Waals surface area contributed by atoms with Crippen molar-refractivity contribution in [3.63, 3.8) is 0 Å². The van der Waals surface area contributed by atoms with Crippen LogP contribution >= 0.6 is 15.9 Å². The fraction of sp³-hybridized carbons (Fsp3) is 0. The number of rotatable bonds is 1. The number of anilines is 1. The van der Waals surface area contributed by atoms with E-state index in [2.05, 4.69) is 31.0 Å². The highest BCUT2D eigenvalue weighted by molar-refractivity contribution is 9.10. The Bertz CT molecular complexity index is 691. The number of fused-ring (bicyclic) bond motifs is 1. The van der Waals surface area contributed by atoms with E-state index in [4.69, 9.17) is 5.73 Å². The smallest absolute Gasteiger partial charge is 0.155 e. The predicted octanol–water partition coefficient (Wildman–Crippen LogP) is 2.16. The Balaban J connectivity index is 2.22. The van der Waals surface area contributed by atoms with E-state index < -0.39 is 0 Å². The largest absolute Gasteiger partial charge is 0.382 e. The van der Waals surface area contributed by atoms with Gasteiger partial charge in [-0.2, -0.15) is 5.10 Å². The SMILES string of the molecule is Nc1ncnc2cn(-c3cccc(Br)c3)nc12. The minimum atomic E-state index is 0.392. The molecule has 84 valence electrons. The Morgan fingerprint density at radius 3 is 2.88 bits per heavy atom. The number of nitrogens with zero attached hydrogens (tertiary/aromatic N) is 4. The lowest BCUT2D eigenvalue weighted by Gasteiger charge is -2.00. The van der Waals surface area contributed by atoms with Gasteiger partial charge in [-0.05, 0) is 18.2 Å². The minimum Gasteiger partial charge on any atom is -0.382 e. The van der Waals surface area contributed by atoms with Crippen molar-refractivity contribution in [3.05, 3.63) is 41.3 Å². The molecule has 0 aliphatic carbocycles. The summed E-state index contributed by atoms with van der Waals surface area (Å²) < 4.78 is 2.73. The van der Waals surface area contributed by atoms with Crippen molar-refractivity contribution in [2.24, 2.45) is 0 Å². The number of hydrogen-bond donors (Lipinski definition) is 1. The molecule has 0 bridgehead atoms. The standard InChI is InChI=1S/C11H8BrN5/c12-7-2-1-3-8(4-7)17-5-9-10(16-17)11(13)15-6-14-9/h1-6H,(H2,13,14,15). The first-order chi connectivity index (χ1) is 8.24. The fourth-order valence-electron chi connectivity index (χ4n) is 1.61. The Kier molecular flexibility index (Phi) is 2.29. The van der Waals surface area contributed by atoms with Gasteiger partial charge in [0.2, 0.25) is 0 Å². The number of nitrogen functional groups attached to an aromatic ring is 1. The van der Waals surface area contributed by atoms with Crippen molar-refractivity contribution in [2.45, 2.75) is 0 Å². The second kappa shape index (κ2) is 3.81. The summed E-state index contributed by atoms with van der Waals surface area (Å²) >= 11 is 3.42. The van der Waals surface area contributed by atoms with Gasteiger partial charge in [-0.3, -0.25) is 0 Å². The third-order valence-electron chi connectivity index (χ3n) is 2.40. The first-order valence-corrected chi connectivity index (χ1v) is 5.75. The molecule has 2 aromatic heterocycles. The molecule has 6 heteroatoms. The van der Waals surface area contributed by atoms with Crippen LogP contribution in [0.3, 0.4) is 0 Å². The molecule has 0 atom stereocenters. The van der Waals surface area contributed by atoms with Crippen molar-refractivity contribution < 1.29 is 0 Å². The fourth-order valence-corrected chi connectivity index (χ4v) is 1.99. The summed E-state index contributed by atoms with van der Waals surface area (Å²) in [5.41, 5.74) is 8.03. The molecule has 0 saturated heterocycles. The number of benzene rings is 1. The van der Waals surface area contributed by atoms with E-state index in [1.54, 1.807) is 4.68 Å². The molecule has 0 radical (unpaired) electrons. The summed E-state index contributed by atoms with van der Waals surface area (Å²) in [7, 11) is 0. The van der Waals surface area contributed by atoms with E-state index in [-0.39, 0.29) is 0 Å². The summed E-state index contributed by atoms with van der Waals surface area (Å²) in [5, 5.41) is 4.37. The normalized spacial score (nSPS) is 10.9. The average molecular weight is 290 g/mol. The maximum Gasteiger partial charge on any atom is 0.155 e. The maximum absolute atomic E-state index is 5.74. The van der Waals surface area contributed by atoms with Gasteiger partial charge in [0.25, 0.3) is 0 Å². The first kappa shape index (κ1) is 10.2. The van der Waals surface area contributed by atoms with Gasteiger partial charge in [0.15, 0.2) is 11.3 Å². The topological polar surface area (TPSA) is 69.6 Å². The molecule has 2 N–H and O–H groups in total. The molecular formula is C11H8BrN5. The Morgan fingerprint density at radius 2 is 2.12 bits per heavy atom. The molecular weight excluding hydrogens is 282 g/mol. The molecule has 0 aliphatic rings. The molecule has 3 rings (SSSR count). The lowest BCUT2D eigenvalue weighted by molar-refractivity contribution is 0.895. The van der Waals surface area contributed by atoms with Crippen LogP contribution in [0, 0.1) is 0 Å². The molecule has 5 nitrogen and oxygen atoms in total. The van der Waals surface area contributed by atoms with Gasteiger partial charge in [0.05, 0.1) is 11.9 Å². The summed E-state index contributed by atoms with van der Waals surface area (Å²) in [4.78, 5) is 8.04. The highest BCUT2D eigenvalue weighted by Crippen LogP contribution is 2.19. The van der Waals surface area contributed by atoms with Crippen LogP contribution in [-0.2, 0) is 0 Å². The molecule has 0 fully saturated rings. The Morgan fingerprint density at radius 1 is 1.24 bits per heavy atom. The van der Waals surface area contributed by atoms with Gasteiger partial charge in [-0.15, -0.1) is 0 Å². The van der Waals surface area contributed by atoms with Gasteiger partial charge in [-0.25, -0.2) is 14.6 Å². The van der Waals surface area contributed by atoms with Crippen molar-refractivity contribution in [3.8, 4) is 5.69 Å². The molecule has 0 unspecified atom stereocenters. The Hall–Kier alpha value is -1.95. The second-order valence-corrected chi connectivity index (χ2v) is 4.46. The van der Waals surface area contributed by atoms with Crippen molar-refractivity contribution in [2.75, 3.05) is 5.73 Å². The van der Waals surface area contributed by atoms with Crippen LogP contribution in [0.4, 0.5) is 5.82 Å². The Labute approximate surface area is 105 Å². The highest BCUT2D eigenvalue weighted by Gasteiger charge is 2.07. The maximum atomic E-state index is 5.74. The van der Waals surface area contributed by atoms with Gasteiger partial charge in [0, 0.05) is 4.47 Å². The molecule has 1 aromatic carbocycles. The predicted molar refractivity (Wildman–Crippen MR) is 68.8 cm³/mol. The lowest BCUT2D eigenvalue weighted by atomic mass is 10.3. The third kappa shape index (κ3) is 1.76. The van der Waals surface area contributed by atoms with E-state index >= 15 is 0 Å². The summed E-state index contributed by atoms with van der Waals surface area (Å²) in [5.74, 6) is 0.392. The monoisotopic (exact) mass is 289 g/mol. The summed E-state index contributed by atoms with van der Waals surface area (Å²) in [6.07, 6.45) is 3.26. The number of nitrogens with two attached hydrogens (primary N) is 1. The molecule has 3 aromatic rings. The van der Waals surface area contributed by atoms with Crippen molar-refractivity contribution in [1.82, 2.24) is 19.7 Å². The molecule has 0 amide bonds.